The van der Waals surface area contributed by atoms with E-state index in [0.29, 0.717) is 5.02 Å². The van der Waals surface area contributed by atoms with E-state index in [9.17, 15) is 4.79 Å². The number of aryl methyl sites for hydroxylation is 1. The Morgan fingerprint density at radius 1 is 1.71 bits per heavy atom. The zero-order valence-electron chi connectivity index (χ0n) is 7.80. The molecule has 0 bridgehead atoms. The topological polar surface area (TPSA) is 31.2 Å². The number of ether oxygens (including phenoxy) is 1. The molecule has 0 spiro atoms. The van der Waals surface area contributed by atoms with Crippen molar-refractivity contribution in [2.45, 2.75) is 13.0 Å². The van der Waals surface area contributed by atoms with Crippen LogP contribution in [0.15, 0.2) is 12.3 Å². The van der Waals surface area contributed by atoms with Crippen molar-refractivity contribution in [3.05, 3.63) is 23.0 Å². The van der Waals surface area contributed by atoms with E-state index in [1.54, 1.807) is 6.07 Å². The number of hydrogen-bond acceptors (Lipinski definition) is 2. The van der Waals surface area contributed by atoms with Gasteiger partial charge in [-0.25, -0.2) is 0 Å². The lowest BCUT2D eigenvalue weighted by molar-refractivity contribution is -0.139. The highest BCUT2D eigenvalue weighted by molar-refractivity contribution is 14.1. The fourth-order valence-corrected chi connectivity index (χ4v) is 1.95. The molecule has 0 saturated heterocycles. The Morgan fingerprint density at radius 3 is 3.00 bits per heavy atom. The van der Waals surface area contributed by atoms with Crippen LogP contribution in [0.25, 0.3) is 0 Å². The average molecular weight is 328 g/mol. The number of carbonyl (C=O) groups is 1. The fraction of sp³-hybridized carbons (Fsp3) is 0.444. The maximum atomic E-state index is 11.1. The van der Waals surface area contributed by atoms with Crippen molar-refractivity contribution in [3.63, 3.8) is 0 Å². The number of halogens is 2. The van der Waals surface area contributed by atoms with E-state index in [-0.39, 0.29) is 12.4 Å². The highest BCUT2D eigenvalue weighted by Gasteiger charge is 2.09. The van der Waals surface area contributed by atoms with Crippen LogP contribution >= 0.6 is 34.2 Å². The predicted molar refractivity (Wildman–Crippen MR) is 64.0 cm³/mol. The van der Waals surface area contributed by atoms with Crippen molar-refractivity contribution in [2.24, 2.45) is 0 Å². The molecule has 1 aromatic rings. The standard InChI is InChI=1S/C9H11ClINO2/c1-14-9(13)5-8-4-7(10)6-12(8)3-2-11/h4,6H,2-3,5H2,1H3. The molecular formula is C9H11ClINO2. The summed E-state index contributed by atoms with van der Waals surface area (Å²) in [6.45, 7) is 0.861. The van der Waals surface area contributed by atoms with Gasteiger partial charge in [0, 0.05) is 22.9 Å². The summed E-state index contributed by atoms with van der Waals surface area (Å²) in [5, 5.41) is 0.661. The summed E-state index contributed by atoms with van der Waals surface area (Å²) in [4.78, 5) is 11.1. The maximum absolute atomic E-state index is 11.1. The zero-order chi connectivity index (χ0) is 10.6. The van der Waals surface area contributed by atoms with Gasteiger partial charge in [0.15, 0.2) is 0 Å². The Labute approximate surface area is 102 Å². The number of aromatic nitrogens is 1. The number of nitrogens with zero attached hydrogens (tertiary/aromatic N) is 1. The number of hydrogen-bond donors (Lipinski definition) is 0. The summed E-state index contributed by atoms with van der Waals surface area (Å²) in [5.74, 6) is -0.241. The molecule has 0 aliphatic carbocycles. The van der Waals surface area contributed by atoms with Gasteiger partial charge in [-0.15, -0.1) is 0 Å². The largest absolute Gasteiger partial charge is 0.469 e. The molecule has 78 valence electrons. The van der Waals surface area contributed by atoms with Crippen LogP contribution in [0.2, 0.25) is 5.02 Å². The maximum Gasteiger partial charge on any atom is 0.311 e. The van der Waals surface area contributed by atoms with E-state index < -0.39 is 0 Å². The Morgan fingerprint density at radius 2 is 2.43 bits per heavy atom. The van der Waals surface area contributed by atoms with Gasteiger partial charge in [-0.05, 0) is 6.07 Å². The number of carbonyl (C=O) groups excluding carboxylic acids is 1. The summed E-state index contributed by atoms with van der Waals surface area (Å²) in [6, 6.07) is 1.80. The molecule has 0 amide bonds. The molecule has 3 nitrogen and oxygen atoms in total. The first-order valence-electron chi connectivity index (χ1n) is 4.14. The summed E-state index contributed by atoms with van der Waals surface area (Å²) >= 11 is 8.13. The van der Waals surface area contributed by atoms with Crippen LogP contribution in [0.3, 0.4) is 0 Å². The van der Waals surface area contributed by atoms with Gasteiger partial charge < -0.3 is 9.30 Å². The van der Waals surface area contributed by atoms with E-state index >= 15 is 0 Å². The van der Waals surface area contributed by atoms with E-state index in [1.165, 1.54) is 7.11 Å². The summed E-state index contributed by atoms with van der Waals surface area (Å²) in [5.41, 5.74) is 0.901. The average Bonchev–Trinajstić information content (AvgIpc) is 2.47. The second kappa shape index (κ2) is 5.60. The SMILES string of the molecule is COC(=O)Cc1cc(Cl)cn1CCI. The van der Waals surface area contributed by atoms with Crippen LogP contribution < -0.4 is 0 Å². The fourth-order valence-electron chi connectivity index (χ4n) is 1.18. The second-order valence-corrected chi connectivity index (χ2v) is 4.30. The quantitative estimate of drug-likeness (QED) is 0.483. The van der Waals surface area contributed by atoms with Crippen molar-refractivity contribution in [1.29, 1.82) is 0 Å². The molecule has 0 fully saturated rings. The van der Waals surface area contributed by atoms with Crippen LogP contribution in [-0.4, -0.2) is 22.1 Å². The molecule has 1 aromatic heterocycles. The number of methoxy groups -OCH3 is 1. The molecule has 0 unspecified atom stereocenters. The van der Waals surface area contributed by atoms with E-state index in [4.69, 9.17) is 11.6 Å². The second-order valence-electron chi connectivity index (χ2n) is 2.78. The number of alkyl halides is 1. The van der Waals surface area contributed by atoms with Gasteiger partial charge in [0.25, 0.3) is 0 Å². The van der Waals surface area contributed by atoms with Gasteiger partial charge in [0.2, 0.25) is 0 Å². The van der Waals surface area contributed by atoms with Crippen LogP contribution in [0.4, 0.5) is 0 Å². The Bertz CT molecular complexity index is 325. The molecule has 1 rings (SSSR count). The minimum Gasteiger partial charge on any atom is -0.469 e. The van der Waals surface area contributed by atoms with E-state index in [0.717, 1.165) is 16.7 Å². The van der Waals surface area contributed by atoms with Crippen molar-refractivity contribution >= 4 is 40.2 Å². The third kappa shape index (κ3) is 3.16. The summed E-state index contributed by atoms with van der Waals surface area (Å²) in [6.07, 6.45) is 2.11. The van der Waals surface area contributed by atoms with Crippen LogP contribution in [-0.2, 0) is 22.5 Å². The van der Waals surface area contributed by atoms with Gasteiger partial charge in [-0.3, -0.25) is 4.79 Å². The van der Waals surface area contributed by atoms with Crippen molar-refractivity contribution < 1.29 is 9.53 Å². The third-order valence-electron chi connectivity index (χ3n) is 1.83. The van der Waals surface area contributed by atoms with Crippen LogP contribution in [0.5, 0.6) is 0 Å². The van der Waals surface area contributed by atoms with Crippen molar-refractivity contribution in [2.75, 3.05) is 11.5 Å². The van der Waals surface area contributed by atoms with E-state index in [2.05, 4.69) is 27.3 Å². The lowest BCUT2D eigenvalue weighted by atomic mass is 10.3. The molecule has 0 N–H and O–H groups in total. The lowest BCUT2D eigenvalue weighted by Gasteiger charge is -2.05. The lowest BCUT2D eigenvalue weighted by Crippen LogP contribution is -2.10. The van der Waals surface area contributed by atoms with Gasteiger partial charge in [0.05, 0.1) is 18.6 Å². The smallest absolute Gasteiger partial charge is 0.311 e. The van der Waals surface area contributed by atoms with Crippen LogP contribution in [0, 0.1) is 0 Å². The molecule has 0 radical (unpaired) electrons. The molecule has 0 aliphatic rings. The van der Waals surface area contributed by atoms with Crippen LogP contribution in [0.1, 0.15) is 5.69 Å². The number of rotatable bonds is 4. The molecular weight excluding hydrogens is 316 g/mol. The monoisotopic (exact) mass is 327 g/mol. The first-order valence-corrected chi connectivity index (χ1v) is 6.05. The molecule has 0 aromatic carbocycles. The minimum absolute atomic E-state index is 0.241. The normalized spacial score (nSPS) is 10.2. The third-order valence-corrected chi connectivity index (χ3v) is 2.52. The first kappa shape index (κ1) is 11.8. The van der Waals surface area contributed by atoms with Gasteiger partial charge >= 0.3 is 5.97 Å². The van der Waals surface area contributed by atoms with E-state index in [1.807, 2.05) is 10.8 Å². The molecule has 0 aliphatic heterocycles. The Hall–Kier alpha value is -0.230. The highest BCUT2D eigenvalue weighted by atomic mass is 127. The number of esters is 1. The molecule has 1 heterocycles. The molecule has 0 atom stereocenters. The van der Waals surface area contributed by atoms with Crippen molar-refractivity contribution in [1.82, 2.24) is 4.57 Å². The minimum atomic E-state index is -0.241. The van der Waals surface area contributed by atoms with Gasteiger partial charge in [0.1, 0.15) is 0 Å². The van der Waals surface area contributed by atoms with Gasteiger partial charge in [-0.2, -0.15) is 0 Å². The molecule has 5 heteroatoms. The molecule has 14 heavy (non-hydrogen) atoms. The summed E-state index contributed by atoms with van der Waals surface area (Å²) in [7, 11) is 1.38. The van der Waals surface area contributed by atoms with Gasteiger partial charge in [-0.1, -0.05) is 34.2 Å². The van der Waals surface area contributed by atoms with Crippen molar-refractivity contribution in [3.8, 4) is 0 Å². The predicted octanol–water partition coefficient (Wildman–Crippen LogP) is 2.29. The summed E-state index contributed by atoms with van der Waals surface area (Å²) < 4.78 is 7.56. The molecule has 0 saturated carbocycles. The first-order chi connectivity index (χ1) is 6.67. The zero-order valence-corrected chi connectivity index (χ0v) is 10.7. The Balaban J connectivity index is 2.78. The Kier molecular flexibility index (Phi) is 4.74. The highest BCUT2D eigenvalue weighted by Crippen LogP contribution is 2.15.